The minimum absolute atomic E-state index is 0. The number of alkyl halides is 6. The number of nitrogens with zero attached hydrogens (tertiary/aromatic N) is 5. The Morgan fingerprint density at radius 1 is 0.517 bits per heavy atom. The van der Waals surface area contributed by atoms with Crippen LogP contribution in [0.1, 0.15) is 50.5 Å². The quantitative estimate of drug-likeness (QED) is 0.0856. The van der Waals surface area contributed by atoms with Crippen LogP contribution in [0.2, 0.25) is 0 Å². The number of aromatic nitrogens is 6. The summed E-state index contributed by atoms with van der Waals surface area (Å²) < 4.78 is 132. The van der Waals surface area contributed by atoms with E-state index in [-0.39, 0.29) is 69.5 Å². The lowest BCUT2D eigenvalue weighted by Crippen LogP contribution is -2.29. The minimum atomic E-state index is -4.80. The van der Waals surface area contributed by atoms with E-state index in [9.17, 15) is 49.1 Å². The fourth-order valence-electron chi connectivity index (χ4n) is 9.09. The summed E-state index contributed by atoms with van der Waals surface area (Å²) >= 11 is 0. The van der Waals surface area contributed by atoms with E-state index in [0.29, 0.717) is 45.5 Å². The molecule has 13 nitrogen and oxygen atoms in total. The summed E-state index contributed by atoms with van der Waals surface area (Å²) in [7, 11) is -0.0854. The molecule has 0 radical (unpaired) electrons. The van der Waals surface area contributed by atoms with E-state index in [2.05, 4.69) is 30.9 Å². The van der Waals surface area contributed by atoms with Crippen molar-refractivity contribution in [3.8, 4) is 56.4 Å². The zero-order valence-corrected chi connectivity index (χ0v) is 44.5. The number of fused-ring (bicyclic) bond motifs is 3. The molecule has 0 spiro atoms. The smallest absolute Gasteiger partial charge is 0.481 e. The van der Waals surface area contributed by atoms with Crippen LogP contribution in [0.25, 0.3) is 71.8 Å². The van der Waals surface area contributed by atoms with Gasteiger partial charge in [-0.2, -0.15) is 0 Å². The number of H-pyrrole nitrogens is 1. The summed E-state index contributed by atoms with van der Waals surface area (Å²) in [6.07, 6.45) is 1.25. The molecule has 0 saturated heterocycles. The molecule has 3 N–H and O–H groups in total. The van der Waals surface area contributed by atoms with E-state index < -0.39 is 25.6 Å². The Bertz CT molecular complexity index is 4100. The topological polar surface area (TPSA) is 151 Å². The second-order valence-corrected chi connectivity index (χ2v) is 18.1. The van der Waals surface area contributed by atoms with Gasteiger partial charge < -0.3 is 42.9 Å². The average molecular weight is 1210 g/mol. The van der Waals surface area contributed by atoms with Crippen LogP contribution in [0.3, 0.4) is 0 Å². The largest absolute Gasteiger partial charge is 0.573 e. The maximum Gasteiger partial charge on any atom is 0.573 e. The number of ether oxygens (including phenoxy) is 3. The minimum Gasteiger partial charge on any atom is -0.481 e. The van der Waals surface area contributed by atoms with Crippen LogP contribution < -0.4 is 30.8 Å². The Morgan fingerprint density at radius 2 is 0.908 bits per heavy atom. The number of methoxy groups -OCH3 is 1. The molecular weight excluding hydrogens is 1150 g/mol. The van der Waals surface area contributed by atoms with Crippen molar-refractivity contribution >= 4 is 45.3 Å². The third-order valence-corrected chi connectivity index (χ3v) is 12.9. The van der Waals surface area contributed by atoms with Gasteiger partial charge in [-0.25, -0.2) is 18.2 Å². The molecule has 0 bridgehead atoms. The summed E-state index contributed by atoms with van der Waals surface area (Å²) in [5.74, 6) is -1.06. The van der Waals surface area contributed by atoms with Gasteiger partial charge in [0.05, 0.1) is 39.8 Å². The number of hydrogen-bond donors (Lipinski definition) is 3. The van der Waals surface area contributed by atoms with Gasteiger partial charge in [0, 0.05) is 79.2 Å². The Labute approximate surface area is 496 Å². The van der Waals surface area contributed by atoms with Gasteiger partial charge >= 0.3 is 19.8 Å². The third kappa shape index (κ3) is 16.7. The third-order valence-electron chi connectivity index (χ3n) is 12.9. The lowest BCUT2D eigenvalue weighted by molar-refractivity contribution is -0.275. The molecule has 0 atom stereocenters. The van der Waals surface area contributed by atoms with E-state index in [1.54, 1.807) is 74.4 Å². The van der Waals surface area contributed by atoms with Crippen molar-refractivity contribution in [3.05, 3.63) is 215 Å². The molecule has 0 aliphatic rings. The summed E-state index contributed by atoms with van der Waals surface area (Å²) in [6, 6.07) is 33.5. The van der Waals surface area contributed by atoms with E-state index >= 15 is 0 Å². The lowest BCUT2D eigenvalue weighted by Gasteiger charge is -2.14. The van der Waals surface area contributed by atoms with Gasteiger partial charge in [0.2, 0.25) is 5.88 Å². The molecular formula is C64H66BF9N6O7. The van der Waals surface area contributed by atoms with Gasteiger partial charge in [-0.15, -0.1) is 26.3 Å². The van der Waals surface area contributed by atoms with Gasteiger partial charge in [0.15, 0.2) is 0 Å². The van der Waals surface area contributed by atoms with Crippen molar-refractivity contribution in [2.24, 2.45) is 0 Å². The first-order valence-corrected chi connectivity index (χ1v) is 25.4. The highest BCUT2D eigenvalue weighted by atomic mass is 19.4. The maximum atomic E-state index is 13.4. The number of aromatic amines is 1. The average Bonchev–Trinajstić information content (AvgIpc) is 1.82. The number of nitrogens with one attached hydrogen (secondary N) is 1. The fraction of sp³-hybridized carbons (Fsp3) is 0.203. The second-order valence-electron chi connectivity index (χ2n) is 18.1. The van der Waals surface area contributed by atoms with Gasteiger partial charge in [-0.05, 0) is 134 Å². The van der Waals surface area contributed by atoms with Crippen LogP contribution in [-0.4, -0.2) is 65.2 Å². The highest BCUT2D eigenvalue weighted by molar-refractivity contribution is 6.58. The monoisotopic (exact) mass is 1210 g/mol. The number of rotatable bonds is 11. The van der Waals surface area contributed by atoms with E-state index in [1.165, 1.54) is 53.1 Å². The van der Waals surface area contributed by atoms with Crippen LogP contribution in [0.5, 0.6) is 17.4 Å². The van der Waals surface area contributed by atoms with Crippen LogP contribution in [0.15, 0.2) is 186 Å². The number of hydrogen-bond acceptors (Lipinski definition) is 8. The molecule has 0 aliphatic heterocycles. The number of benzene rings is 5. The normalized spacial score (nSPS) is 10.8. The lowest BCUT2D eigenvalue weighted by atomic mass is 9.80. The standard InChI is InChI=1S/C22H16F4N2O2.C16H15FN2O.C15H13FN2O.C7H6BF3O3.4CH4/c1-2-27-12-11-18-20(27)19(14-3-5-15(23)6-4-14)13-28(21(18)29)16-7-9-17(10-8-16)30-22(24,25)26;1-3-19-9-8-13-15(19)14(10-18-16(13)20-2)11-4-6-12(17)7-5-11;1-2-18-8-7-12-14(18)13(9-17-15(12)19)10-3-5-11(16)6-4-10;9-7(10,11)14-6-3-1-5(2-4-6)8(12)13;;;;/h3-13H,2H2,1H3;4-10H,3H2,1-2H3;3-9H,2H2,1H3,(H,17,19);1-4,12-13H;4*1H4. The molecule has 0 saturated carbocycles. The first-order chi connectivity index (χ1) is 39.6. The summed E-state index contributed by atoms with van der Waals surface area (Å²) in [5.41, 5.74) is 7.84. The van der Waals surface area contributed by atoms with Crippen LogP contribution >= 0.6 is 0 Å². The molecule has 0 amide bonds. The van der Waals surface area contributed by atoms with Gasteiger partial charge in [0.1, 0.15) is 29.0 Å². The first-order valence-electron chi connectivity index (χ1n) is 25.4. The highest BCUT2D eigenvalue weighted by Gasteiger charge is 2.32. The molecule has 5 aromatic carbocycles. The Kier molecular flexibility index (Phi) is 24.2. The molecule has 0 fully saturated rings. The fourth-order valence-corrected chi connectivity index (χ4v) is 9.09. The molecule has 23 heteroatoms. The van der Waals surface area contributed by atoms with Gasteiger partial charge in [-0.1, -0.05) is 78.2 Å². The zero-order chi connectivity index (χ0) is 59.8. The second kappa shape index (κ2) is 30.0. The van der Waals surface area contributed by atoms with E-state index in [0.717, 1.165) is 88.2 Å². The van der Waals surface area contributed by atoms with Crippen molar-refractivity contribution in [2.75, 3.05) is 7.11 Å². The predicted octanol–water partition coefficient (Wildman–Crippen LogP) is 15.4. The van der Waals surface area contributed by atoms with Gasteiger partial charge in [-0.3, -0.25) is 14.2 Å². The van der Waals surface area contributed by atoms with Crippen molar-refractivity contribution in [1.82, 2.24) is 28.2 Å². The number of halogens is 9. The molecule has 460 valence electrons. The summed E-state index contributed by atoms with van der Waals surface area (Å²) in [5, 5.41) is 19.4. The predicted molar refractivity (Wildman–Crippen MR) is 326 cm³/mol. The Morgan fingerprint density at radius 3 is 1.33 bits per heavy atom. The highest BCUT2D eigenvalue weighted by Crippen LogP contribution is 2.35. The molecule has 87 heavy (non-hydrogen) atoms. The van der Waals surface area contributed by atoms with Gasteiger partial charge in [0.25, 0.3) is 11.1 Å². The summed E-state index contributed by atoms with van der Waals surface area (Å²) in [4.78, 5) is 32.0. The molecule has 0 unspecified atom stereocenters. The Hall–Kier alpha value is -9.48. The molecule has 6 aromatic heterocycles. The molecule has 11 rings (SSSR count). The molecule has 6 heterocycles. The van der Waals surface area contributed by atoms with Crippen molar-refractivity contribution in [2.45, 2.75) is 82.8 Å². The van der Waals surface area contributed by atoms with Crippen molar-refractivity contribution in [1.29, 1.82) is 0 Å². The van der Waals surface area contributed by atoms with Crippen LogP contribution in [0.4, 0.5) is 39.5 Å². The van der Waals surface area contributed by atoms with E-state index in [1.807, 2.05) is 47.5 Å². The molecule has 11 aromatic rings. The number of aryl methyl sites for hydroxylation is 3. The van der Waals surface area contributed by atoms with Crippen LogP contribution in [-0.2, 0) is 19.6 Å². The SMILES string of the molecule is C.C.C.C.CCn1ccc2c(=O)[nH]cc(-c3ccc(F)cc3)c21.CCn1ccc2c(=O)n(-c3ccc(OC(F)(F)F)cc3)cc(-c3ccc(F)cc3)c21.CCn1ccc2c(OC)ncc(-c3ccc(F)cc3)c21.OB(O)c1ccc(OC(F)(F)F)cc1. The summed E-state index contributed by atoms with van der Waals surface area (Å²) in [6.45, 7) is 8.31. The maximum absolute atomic E-state index is 13.4. The molecule has 0 aliphatic carbocycles. The first kappa shape index (κ1) is 70.0. The number of pyridine rings is 3. The van der Waals surface area contributed by atoms with E-state index in [4.69, 9.17) is 14.8 Å². The van der Waals surface area contributed by atoms with Crippen molar-refractivity contribution in [3.63, 3.8) is 0 Å². The zero-order valence-electron chi connectivity index (χ0n) is 44.5. The Balaban J connectivity index is 0.000000253. The van der Waals surface area contributed by atoms with Crippen LogP contribution in [0, 0.1) is 17.5 Å². The van der Waals surface area contributed by atoms with Crippen molar-refractivity contribution < 1.29 is 63.8 Å².